The van der Waals surface area contributed by atoms with Gasteiger partial charge in [-0.2, -0.15) is 0 Å². The molecule has 19 heavy (non-hydrogen) atoms. The maximum atomic E-state index is 13.5. The second-order valence-corrected chi connectivity index (χ2v) is 4.03. The Balaban J connectivity index is 2.19. The molecule has 2 aromatic rings. The van der Waals surface area contributed by atoms with Gasteiger partial charge >= 0.3 is 5.97 Å². The van der Waals surface area contributed by atoms with Gasteiger partial charge in [0.1, 0.15) is 6.61 Å². The molecular weight excluding hydrogens is 249 g/mol. The molecule has 0 amide bonds. The van der Waals surface area contributed by atoms with E-state index < -0.39 is 11.8 Å². The lowest BCUT2D eigenvalue weighted by molar-refractivity contribution is 0.0693. The van der Waals surface area contributed by atoms with Crippen LogP contribution in [0, 0.1) is 12.7 Å². The van der Waals surface area contributed by atoms with E-state index in [1.807, 2.05) is 6.92 Å². The fourth-order valence-electron chi connectivity index (χ4n) is 1.62. The van der Waals surface area contributed by atoms with Crippen LogP contribution < -0.4 is 4.74 Å². The summed E-state index contributed by atoms with van der Waals surface area (Å²) in [6.07, 6.45) is 1.47. The summed E-state index contributed by atoms with van der Waals surface area (Å²) in [7, 11) is 0. The van der Waals surface area contributed by atoms with Gasteiger partial charge in [0.05, 0.1) is 11.3 Å². The number of rotatable bonds is 4. The summed E-state index contributed by atoms with van der Waals surface area (Å²) in [5, 5.41) is 8.99. The van der Waals surface area contributed by atoms with E-state index in [1.54, 1.807) is 12.1 Å². The molecule has 98 valence electrons. The summed E-state index contributed by atoms with van der Waals surface area (Å²) in [6, 6.07) is 7.45. The highest BCUT2D eigenvalue weighted by Gasteiger charge is 2.12. The number of aromatic carboxylic acids is 1. The van der Waals surface area contributed by atoms with Gasteiger partial charge in [-0.3, -0.25) is 4.98 Å². The van der Waals surface area contributed by atoms with E-state index in [4.69, 9.17) is 9.84 Å². The standard InChI is InChI=1S/C14H12FNO3/c1-9-4-5-11(15)13(7-9)19-8-12-10(14(17)18)3-2-6-16-12/h2-7H,8H2,1H3,(H,17,18). The fourth-order valence-corrected chi connectivity index (χ4v) is 1.62. The molecule has 0 bridgehead atoms. The Hall–Kier alpha value is -2.43. The first kappa shape index (κ1) is 13.0. The number of benzene rings is 1. The Bertz CT molecular complexity index is 613. The van der Waals surface area contributed by atoms with Gasteiger partial charge in [-0.15, -0.1) is 0 Å². The number of aryl methyl sites for hydroxylation is 1. The smallest absolute Gasteiger partial charge is 0.337 e. The highest BCUT2D eigenvalue weighted by atomic mass is 19.1. The highest BCUT2D eigenvalue weighted by Crippen LogP contribution is 2.20. The van der Waals surface area contributed by atoms with Crippen LogP contribution in [0.2, 0.25) is 0 Å². The number of aromatic nitrogens is 1. The molecule has 1 heterocycles. The average molecular weight is 261 g/mol. The first-order valence-corrected chi connectivity index (χ1v) is 5.64. The lowest BCUT2D eigenvalue weighted by Gasteiger charge is -2.09. The number of carboxylic acid groups (broad SMARTS) is 1. The monoisotopic (exact) mass is 261 g/mol. The molecule has 0 aliphatic rings. The van der Waals surface area contributed by atoms with Gasteiger partial charge in [0.2, 0.25) is 0 Å². The molecular formula is C14H12FNO3. The molecule has 4 nitrogen and oxygen atoms in total. The summed E-state index contributed by atoms with van der Waals surface area (Å²) < 4.78 is 18.8. The number of carbonyl (C=O) groups is 1. The van der Waals surface area contributed by atoms with Gasteiger partial charge < -0.3 is 9.84 Å². The first-order valence-electron chi connectivity index (χ1n) is 5.64. The van der Waals surface area contributed by atoms with Crippen molar-refractivity contribution in [1.82, 2.24) is 4.98 Å². The average Bonchev–Trinajstić information content (AvgIpc) is 2.40. The summed E-state index contributed by atoms with van der Waals surface area (Å²) in [4.78, 5) is 14.9. The van der Waals surface area contributed by atoms with E-state index in [9.17, 15) is 9.18 Å². The zero-order valence-electron chi connectivity index (χ0n) is 10.3. The minimum Gasteiger partial charge on any atom is -0.484 e. The van der Waals surface area contributed by atoms with E-state index in [-0.39, 0.29) is 23.6 Å². The maximum Gasteiger partial charge on any atom is 0.337 e. The van der Waals surface area contributed by atoms with Gasteiger partial charge in [0, 0.05) is 6.20 Å². The minimum atomic E-state index is -1.09. The second-order valence-electron chi connectivity index (χ2n) is 4.03. The summed E-state index contributed by atoms with van der Waals surface area (Å²) in [5.41, 5.74) is 1.17. The first-order chi connectivity index (χ1) is 9.08. The number of carboxylic acids is 1. The molecule has 1 aromatic carbocycles. The van der Waals surface area contributed by atoms with Crippen LogP contribution in [0.3, 0.4) is 0 Å². The number of halogens is 1. The van der Waals surface area contributed by atoms with Crippen molar-refractivity contribution in [3.8, 4) is 5.75 Å². The van der Waals surface area contributed by atoms with E-state index in [0.717, 1.165) is 5.56 Å². The number of hydrogen-bond donors (Lipinski definition) is 1. The van der Waals surface area contributed by atoms with Crippen LogP contribution in [0.5, 0.6) is 5.75 Å². The van der Waals surface area contributed by atoms with Crippen molar-refractivity contribution in [2.24, 2.45) is 0 Å². The van der Waals surface area contributed by atoms with Crippen molar-refractivity contribution < 1.29 is 19.0 Å². The van der Waals surface area contributed by atoms with Crippen molar-refractivity contribution in [1.29, 1.82) is 0 Å². The SMILES string of the molecule is Cc1ccc(F)c(OCc2ncccc2C(=O)O)c1. The third-order valence-electron chi connectivity index (χ3n) is 2.57. The normalized spacial score (nSPS) is 10.2. The zero-order valence-corrected chi connectivity index (χ0v) is 10.3. The van der Waals surface area contributed by atoms with E-state index >= 15 is 0 Å². The molecule has 0 saturated heterocycles. The predicted molar refractivity (Wildman–Crippen MR) is 66.7 cm³/mol. The summed E-state index contributed by atoms with van der Waals surface area (Å²) in [6.45, 7) is 1.72. The van der Waals surface area contributed by atoms with Gasteiger partial charge in [-0.25, -0.2) is 9.18 Å². The summed E-state index contributed by atoms with van der Waals surface area (Å²) in [5.74, 6) is -1.49. The molecule has 0 aliphatic carbocycles. The van der Waals surface area contributed by atoms with Gasteiger partial charge in [0.25, 0.3) is 0 Å². The largest absolute Gasteiger partial charge is 0.484 e. The van der Waals surface area contributed by atoms with Crippen molar-refractivity contribution >= 4 is 5.97 Å². The topological polar surface area (TPSA) is 59.4 Å². The summed E-state index contributed by atoms with van der Waals surface area (Å²) >= 11 is 0. The molecule has 2 rings (SSSR count). The molecule has 0 spiro atoms. The molecule has 5 heteroatoms. The lowest BCUT2D eigenvalue weighted by Crippen LogP contribution is -2.08. The van der Waals surface area contributed by atoms with E-state index in [2.05, 4.69) is 4.98 Å². The highest BCUT2D eigenvalue weighted by molar-refractivity contribution is 5.88. The van der Waals surface area contributed by atoms with Gasteiger partial charge in [0.15, 0.2) is 11.6 Å². The maximum absolute atomic E-state index is 13.5. The van der Waals surface area contributed by atoms with Crippen LogP contribution in [0.25, 0.3) is 0 Å². The quantitative estimate of drug-likeness (QED) is 0.919. The third-order valence-corrected chi connectivity index (χ3v) is 2.57. The van der Waals surface area contributed by atoms with Crippen LogP contribution in [0.4, 0.5) is 4.39 Å². The minimum absolute atomic E-state index is 0.0514. The molecule has 0 atom stereocenters. The molecule has 0 aliphatic heterocycles. The van der Waals surface area contributed by atoms with Crippen molar-refractivity contribution in [2.75, 3.05) is 0 Å². The third kappa shape index (κ3) is 3.07. The molecule has 0 radical (unpaired) electrons. The molecule has 0 fully saturated rings. The Morgan fingerprint density at radius 3 is 2.95 bits per heavy atom. The number of hydrogen-bond acceptors (Lipinski definition) is 3. The van der Waals surface area contributed by atoms with Crippen LogP contribution in [-0.2, 0) is 6.61 Å². The van der Waals surface area contributed by atoms with Crippen LogP contribution in [0.15, 0.2) is 36.5 Å². The van der Waals surface area contributed by atoms with Crippen LogP contribution in [-0.4, -0.2) is 16.1 Å². The number of nitrogens with zero attached hydrogens (tertiary/aromatic N) is 1. The predicted octanol–water partition coefficient (Wildman–Crippen LogP) is 2.81. The molecule has 1 N–H and O–H groups in total. The number of pyridine rings is 1. The van der Waals surface area contributed by atoms with Crippen LogP contribution in [0.1, 0.15) is 21.6 Å². The van der Waals surface area contributed by atoms with Crippen molar-refractivity contribution in [3.05, 3.63) is 59.2 Å². The molecule has 1 aromatic heterocycles. The second kappa shape index (κ2) is 5.48. The Morgan fingerprint density at radius 2 is 2.21 bits per heavy atom. The Labute approximate surface area is 109 Å². The zero-order chi connectivity index (χ0) is 13.8. The van der Waals surface area contributed by atoms with Crippen molar-refractivity contribution in [3.63, 3.8) is 0 Å². The molecule has 0 unspecified atom stereocenters. The van der Waals surface area contributed by atoms with Gasteiger partial charge in [-0.05, 0) is 36.8 Å². The Kier molecular flexibility index (Phi) is 3.75. The lowest BCUT2D eigenvalue weighted by atomic mass is 10.2. The fraction of sp³-hybridized carbons (Fsp3) is 0.143. The Morgan fingerprint density at radius 1 is 1.42 bits per heavy atom. The van der Waals surface area contributed by atoms with E-state index in [1.165, 1.54) is 24.4 Å². The van der Waals surface area contributed by atoms with Crippen LogP contribution >= 0.6 is 0 Å². The molecule has 0 saturated carbocycles. The number of ether oxygens (including phenoxy) is 1. The van der Waals surface area contributed by atoms with Gasteiger partial charge in [-0.1, -0.05) is 6.07 Å². The van der Waals surface area contributed by atoms with Crippen molar-refractivity contribution in [2.45, 2.75) is 13.5 Å². The van der Waals surface area contributed by atoms with E-state index in [0.29, 0.717) is 0 Å².